The number of benzene rings is 2. The van der Waals surface area contributed by atoms with Crippen LogP contribution in [0.25, 0.3) is 0 Å². The van der Waals surface area contributed by atoms with Gasteiger partial charge in [0.15, 0.2) is 0 Å². The summed E-state index contributed by atoms with van der Waals surface area (Å²) in [6.07, 6.45) is 1.86. The predicted molar refractivity (Wildman–Crippen MR) is 98.4 cm³/mol. The van der Waals surface area contributed by atoms with Crippen LogP contribution >= 0.6 is 0 Å². The van der Waals surface area contributed by atoms with E-state index in [1.807, 2.05) is 6.92 Å². The molecule has 0 radical (unpaired) electrons. The van der Waals surface area contributed by atoms with Crippen LogP contribution in [0, 0.1) is 0 Å². The van der Waals surface area contributed by atoms with Crippen molar-refractivity contribution < 1.29 is 0 Å². The molecule has 0 atom stereocenters. The Bertz CT molecular complexity index is 537. The molecule has 23 heavy (non-hydrogen) atoms. The molecule has 0 saturated carbocycles. The van der Waals surface area contributed by atoms with E-state index >= 15 is 0 Å². The zero-order valence-corrected chi connectivity index (χ0v) is 14.0. The van der Waals surface area contributed by atoms with Gasteiger partial charge in [0.25, 0.3) is 0 Å². The minimum absolute atomic E-state index is 0.752. The standard InChI is InChI=1S/C20H27N3/c1-2-20(21)22-14-9-15-23(16-18-10-5-3-6-11-18)17-19-12-7-4-8-13-19/h3-8,10-13H,2,9,14-17H2,1H3,(H2,21,22). The van der Waals surface area contributed by atoms with Crippen molar-refractivity contribution in [1.29, 1.82) is 0 Å². The van der Waals surface area contributed by atoms with Gasteiger partial charge in [0.2, 0.25) is 0 Å². The highest BCUT2D eigenvalue weighted by atomic mass is 15.1. The molecule has 0 amide bonds. The van der Waals surface area contributed by atoms with Gasteiger partial charge in [-0.15, -0.1) is 0 Å². The van der Waals surface area contributed by atoms with Gasteiger partial charge in [-0.3, -0.25) is 9.89 Å². The summed E-state index contributed by atoms with van der Waals surface area (Å²) in [6.45, 7) is 5.78. The summed E-state index contributed by atoms with van der Waals surface area (Å²) in [5.74, 6) is 0.752. The van der Waals surface area contributed by atoms with Crippen LogP contribution in [0.1, 0.15) is 30.9 Å². The highest BCUT2D eigenvalue weighted by molar-refractivity contribution is 5.79. The Morgan fingerprint density at radius 2 is 1.43 bits per heavy atom. The van der Waals surface area contributed by atoms with E-state index in [0.717, 1.165) is 44.9 Å². The first-order valence-electron chi connectivity index (χ1n) is 8.37. The molecule has 0 aliphatic heterocycles. The molecule has 2 rings (SSSR count). The van der Waals surface area contributed by atoms with Gasteiger partial charge < -0.3 is 5.73 Å². The van der Waals surface area contributed by atoms with Gasteiger partial charge in [0.1, 0.15) is 0 Å². The maximum atomic E-state index is 5.77. The van der Waals surface area contributed by atoms with E-state index in [1.54, 1.807) is 0 Å². The van der Waals surface area contributed by atoms with Gasteiger partial charge in [-0.2, -0.15) is 0 Å². The average Bonchev–Trinajstić information content (AvgIpc) is 2.60. The van der Waals surface area contributed by atoms with Crippen molar-refractivity contribution in [2.24, 2.45) is 10.7 Å². The van der Waals surface area contributed by atoms with E-state index in [9.17, 15) is 0 Å². The van der Waals surface area contributed by atoms with E-state index in [-0.39, 0.29) is 0 Å². The Labute approximate surface area is 139 Å². The van der Waals surface area contributed by atoms with Crippen molar-refractivity contribution in [1.82, 2.24) is 4.90 Å². The fourth-order valence-corrected chi connectivity index (χ4v) is 2.53. The van der Waals surface area contributed by atoms with Crippen LogP contribution in [0.15, 0.2) is 65.7 Å². The molecule has 0 aliphatic carbocycles. The zero-order chi connectivity index (χ0) is 16.3. The number of rotatable bonds is 9. The van der Waals surface area contributed by atoms with Crippen molar-refractivity contribution >= 4 is 5.84 Å². The second-order valence-corrected chi connectivity index (χ2v) is 5.76. The Balaban J connectivity index is 1.93. The van der Waals surface area contributed by atoms with Crippen molar-refractivity contribution in [3.63, 3.8) is 0 Å². The first-order chi connectivity index (χ1) is 11.3. The van der Waals surface area contributed by atoms with Gasteiger partial charge in [-0.05, 0) is 17.5 Å². The van der Waals surface area contributed by atoms with E-state index < -0.39 is 0 Å². The van der Waals surface area contributed by atoms with Crippen LogP contribution in [0.5, 0.6) is 0 Å². The first kappa shape index (κ1) is 17.2. The van der Waals surface area contributed by atoms with Crippen molar-refractivity contribution in [2.75, 3.05) is 13.1 Å². The minimum Gasteiger partial charge on any atom is -0.387 e. The Morgan fingerprint density at radius 1 is 0.913 bits per heavy atom. The molecular formula is C20H27N3. The van der Waals surface area contributed by atoms with Gasteiger partial charge in [0, 0.05) is 32.6 Å². The largest absolute Gasteiger partial charge is 0.387 e. The first-order valence-corrected chi connectivity index (χ1v) is 8.37. The summed E-state index contributed by atoms with van der Waals surface area (Å²) in [7, 11) is 0. The summed E-state index contributed by atoms with van der Waals surface area (Å²) >= 11 is 0. The number of hydrogen-bond donors (Lipinski definition) is 1. The van der Waals surface area contributed by atoms with E-state index in [4.69, 9.17) is 5.73 Å². The SMILES string of the molecule is CCC(N)=NCCCN(Cc1ccccc1)Cc1ccccc1. The molecule has 0 aromatic heterocycles. The van der Waals surface area contributed by atoms with Crippen LogP contribution in [0.3, 0.4) is 0 Å². The lowest BCUT2D eigenvalue weighted by atomic mass is 10.1. The Morgan fingerprint density at radius 3 is 1.91 bits per heavy atom. The monoisotopic (exact) mass is 309 g/mol. The van der Waals surface area contributed by atoms with Gasteiger partial charge in [-0.25, -0.2) is 0 Å². The quantitative estimate of drug-likeness (QED) is 0.434. The second-order valence-electron chi connectivity index (χ2n) is 5.76. The molecule has 0 fully saturated rings. The molecule has 2 aromatic rings. The van der Waals surface area contributed by atoms with Crippen LogP contribution < -0.4 is 5.73 Å². The predicted octanol–water partition coefficient (Wildman–Crippen LogP) is 3.85. The van der Waals surface area contributed by atoms with Gasteiger partial charge in [-0.1, -0.05) is 67.6 Å². The molecule has 3 nitrogen and oxygen atoms in total. The number of nitrogens with zero attached hydrogens (tertiary/aromatic N) is 2. The number of hydrogen-bond acceptors (Lipinski definition) is 2. The van der Waals surface area contributed by atoms with E-state index in [2.05, 4.69) is 70.6 Å². The van der Waals surface area contributed by atoms with Crippen LogP contribution in [0.4, 0.5) is 0 Å². The summed E-state index contributed by atoms with van der Waals surface area (Å²) < 4.78 is 0. The van der Waals surface area contributed by atoms with Crippen LogP contribution in [0.2, 0.25) is 0 Å². The molecule has 2 N–H and O–H groups in total. The van der Waals surface area contributed by atoms with Gasteiger partial charge >= 0.3 is 0 Å². The van der Waals surface area contributed by atoms with Gasteiger partial charge in [0.05, 0.1) is 5.84 Å². The van der Waals surface area contributed by atoms with Crippen molar-refractivity contribution in [3.05, 3.63) is 71.8 Å². The van der Waals surface area contributed by atoms with Crippen molar-refractivity contribution in [3.8, 4) is 0 Å². The Kier molecular flexibility index (Phi) is 7.34. The topological polar surface area (TPSA) is 41.6 Å². The lowest BCUT2D eigenvalue weighted by Gasteiger charge is -2.22. The molecule has 0 spiro atoms. The normalized spacial score (nSPS) is 11.8. The molecule has 0 saturated heterocycles. The zero-order valence-electron chi connectivity index (χ0n) is 14.0. The summed E-state index contributed by atoms with van der Waals surface area (Å²) in [6, 6.07) is 21.3. The number of aliphatic imine (C=N–C) groups is 1. The molecule has 3 heteroatoms. The minimum atomic E-state index is 0.752. The molecule has 122 valence electrons. The third kappa shape index (κ3) is 6.66. The lowest BCUT2D eigenvalue weighted by Crippen LogP contribution is -2.24. The summed E-state index contributed by atoms with van der Waals surface area (Å²) in [5, 5.41) is 0. The maximum Gasteiger partial charge on any atom is 0.0934 e. The average molecular weight is 309 g/mol. The molecule has 0 aliphatic rings. The van der Waals surface area contributed by atoms with E-state index in [0.29, 0.717) is 0 Å². The van der Waals surface area contributed by atoms with Crippen LogP contribution in [-0.4, -0.2) is 23.8 Å². The second kappa shape index (κ2) is 9.80. The molecule has 2 aromatic carbocycles. The molecule has 0 heterocycles. The smallest absolute Gasteiger partial charge is 0.0934 e. The van der Waals surface area contributed by atoms with Crippen LogP contribution in [-0.2, 0) is 13.1 Å². The third-order valence-electron chi connectivity index (χ3n) is 3.81. The van der Waals surface area contributed by atoms with Crippen molar-refractivity contribution in [2.45, 2.75) is 32.9 Å². The lowest BCUT2D eigenvalue weighted by molar-refractivity contribution is 0.255. The Hall–Kier alpha value is -2.13. The molecule has 0 bridgehead atoms. The molecular weight excluding hydrogens is 282 g/mol. The molecule has 0 unspecified atom stereocenters. The maximum absolute atomic E-state index is 5.77. The fraction of sp³-hybridized carbons (Fsp3) is 0.350. The number of nitrogens with two attached hydrogens (primary N) is 1. The summed E-state index contributed by atoms with van der Waals surface area (Å²) in [4.78, 5) is 6.87. The van der Waals surface area contributed by atoms with E-state index in [1.165, 1.54) is 11.1 Å². The highest BCUT2D eigenvalue weighted by Crippen LogP contribution is 2.10. The number of amidine groups is 1. The summed E-state index contributed by atoms with van der Waals surface area (Å²) in [5.41, 5.74) is 8.47. The highest BCUT2D eigenvalue weighted by Gasteiger charge is 2.07. The third-order valence-corrected chi connectivity index (χ3v) is 3.81. The fourth-order valence-electron chi connectivity index (χ4n) is 2.53.